The number of halogens is 3. The number of aromatic nitrogens is 3. The number of carbonyl (C=O) groups is 1. The van der Waals surface area contributed by atoms with Crippen molar-refractivity contribution in [2.45, 2.75) is 56.3 Å². The van der Waals surface area contributed by atoms with E-state index in [1.54, 1.807) is 11.3 Å². The van der Waals surface area contributed by atoms with Gasteiger partial charge in [0, 0.05) is 46.4 Å². The molecule has 0 unspecified atom stereocenters. The minimum Gasteiger partial charge on any atom is -0.359 e. The van der Waals surface area contributed by atoms with E-state index in [0.717, 1.165) is 50.9 Å². The van der Waals surface area contributed by atoms with Crippen LogP contribution in [0.5, 0.6) is 0 Å². The van der Waals surface area contributed by atoms with Gasteiger partial charge >= 0.3 is 6.18 Å². The third-order valence-electron chi connectivity index (χ3n) is 7.28. The highest BCUT2D eigenvalue weighted by molar-refractivity contribution is 7.09. The van der Waals surface area contributed by atoms with Crippen LogP contribution in [0.4, 0.5) is 19.0 Å². The van der Waals surface area contributed by atoms with Gasteiger partial charge in [-0.2, -0.15) is 18.3 Å². The van der Waals surface area contributed by atoms with Crippen LogP contribution >= 0.6 is 11.3 Å². The fraction of sp³-hybridized carbons (Fsp3) is 0.500. The molecule has 7 nitrogen and oxygen atoms in total. The van der Waals surface area contributed by atoms with Crippen molar-refractivity contribution in [3.63, 3.8) is 0 Å². The van der Waals surface area contributed by atoms with Crippen LogP contribution in [0.3, 0.4) is 0 Å². The summed E-state index contributed by atoms with van der Waals surface area (Å²) in [6, 6.07) is 4.00. The fourth-order valence-electron chi connectivity index (χ4n) is 5.09. The van der Waals surface area contributed by atoms with Gasteiger partial charge in [0.25, 0.3) is 0 Å². The van der Waals surface area contributed by atoms with Crippen LogP contribution in [0.2, 0.25) is 0 Å². The number of anilines is 1. The van der Waals surface area contributed by atoms with Gasteiger partial charge in [-0.15, -0.1) is 16.4 Å². The molecule has 0 atom stereocenters. The first-order valence-corrected chi connectivity index (χ1v) is 12.6. The fourth-order valence-corrected chi connectivity index (χ4v) is 5.94. The number of nitrogens with one attached hydrogen (secondary N) is 2. The molecule has 0 spiro atoms. The molecular formula is C24H27F3N6OS. The zero-order chi connectivity index (χ0) is 24.6. The van der Waals surface area contributed by atoms with Gasteiger partial charge in [0.15, 0.2) is 5.82 Å². The summed E-state index contributed by atoms with van der Waals surface area (Å²) in [5, 5.41) is 14.4. The Morgan fingerprint density at radius 1 is 1.23 bits per heavy atom. The van der Waals surface area contributed by atoms with E-state index in [4.69, 9.17) is 0 Å². The molecule has 1 aliphatic carbocycles. The number of alkyl halides is 3. The number of nitrogens with zero attached hydrogens (tertiary/aromatic N) is 4. The van der Waals surface area contributed by atoms with Crippen molar-refractivity contribution in [1.82, 2.24) is 25.4 Å². The Morgan fingerprint density at radius 3 is 2.69 bits per heavy atom. The molecule has 1 aromatic carbocycles. The van der Waals surface area contributed by atoms with Crippen molar-refractivity contribution in [2.24, 2.45) is 0 Å². The van der Waals surface area contributed by atoms with Crippen molar-refractivity contribution in [1.29, 1.82) is 0 Å². The number of rotatable bonds is 6. The van der Waals surface area contributed by atoms with Gasteiger partial charge in [0.1, 0.15) is 0 Å². The minimum absolute atomic E-state index is 0.0783. The van der Waals surface area contributed by atoms with Crippen LogP contribution in [0.15, 0.2) is 36.1 Å². The molecular weight excluding hydrogens is 477 g/mol. The average molecular weight is 505 g/mol. The third-order valence-corrected chi connectivity index (χ3v) is 8.36. The highest BCUT2D eigenvalue weighted by Gasteiger charge is 2.39. The van der Waals surface area contributed by atoms with Gasteiger partial charge in [-0.25, -0.2) is 0 Å². The van der Waals surface area contributed by atoms with E-state index in [2.05, 4.69) is 37.6 Å². The Bertz CT molecular complexity index is 1190. The van der Waals surface area contributed by atoms with E-state index in [-0.39, 0.29) is 35.1 Å². The Morgan fingerprint density at radius 2 is 2.00 bits per heavy atom. The molecule has 3 heterocycles. The quantitative estimate of drug-likeness (QED) is 0.523. The number of fused-ring (bicyclic) bond motifs is 1. The van der Waals surface area contributed by atoms with Gasteiger partial charge in [-0.1, -0.05) is 13.0 Å². The Kier molecular flexibility index (Phi) is 6.39. The summed E-state index contributed by atoms with van der Waals surface area (Å²) in [6.45, 7) is 3.87. The lowest BCUT2D eigenvalue weighted by Gasteiger charge is -2.48. The molecule has 2 aliphatic rings. The predicted molar refractivity (Wildman–Crippen MR) is 128 cm³/mol. The number of amides is 1. The van der Waals surface area contributed by atoms with Crippen LogP contribution in [0.1, 0.15) is 43.0 Å². The number of carbonyl (C=O) groups excluding carboxylic acids is 1. The lowest BCUT2D eigenvalue weighted by Crippen LogP contribution is -2.63. The lowest BCUT2D eigenvalue weighted by molar-refractivity contribution is -0.137. The molecule has 1 amide bonds. The van der Waals surface area contributed by atoms with Gasteiger partial charge in [0.05, 0.1) is 29.9 Å². The molecule has 0 radical (unpaired) electrons. The molecule has 186 valence electrons. The monoisotopic (exact) mass is 504 g/mol. The predicted octanol–water partition coefficient (Wildman–Crippen LogP) is 4.22. The summed E-state index contributed by atoms with van der Waals surface area (Å²) in [7, 11) is 0. The van der Waals surface area contributed by atoms with E-state index in [1.807, 2.05) is 11.7 Å². The maximum absolute atomic E-state index is 13.1. The Balaban J connectivity index is 1.10. The molecule has 2 fully saturated rings. The van der Waals surface area contributed by atoms with Crippen LogP contribution < -0.4 is 10.6 Å². The summed E-state index contributed by atoms with van der Waals surface area (Å²) in [5.74, 6) is -0.0629. The molecule has 1 saturated heterocycles. The number of hydrogen-bond acceptors (Lipinski definition) is 7. The summed E-state index contributed by atoms with van der Waals surface area (Å²) in [6.07, 6.45) is 3.48. The van der Waals surface area contributed by atoms with E-state index in [9.17, 15) is 18.0 Å². The van der Waals surface area contributed by atoms with Crippen molar-refractivity contribution >= 4 is 33.8 Å². The van der Waals surface area contributed by atoms with Crippen molar-refractivity contribution in [3.05, 3.63) is 46.5 Å². The first kappa shape index (κ1) is 23.9. The Labute approximate surface area is 205 Å². The first-order chi connectivity index (χ1) is 16.7. The normalized spacial score (nSPS) is 23.7. The van der Waals surface area contributed by atoms with E-state index >= 15 is 0 Å². The number of thiazole rings is 1. The van der Waals surface area contributed by atoms with E-state index in [0.29, 0.717) is 11.4 Å². The van der Waals surface area contributed by atoms with Crippen LogP contribution in [0, 0.1) is 0 Å². The lowest BCUT2D eigenvalue weighted by atomic mass is 9.72. The molecule has 1 saturated carbocycles. The van der Waals surface area contributed by atoms with E-state index < -0.39 is 11.7 Å². The zero-order valence-electron chi connectivity index (χ0n) is 19.3. The summed E-state index contributed by atoms with van der Waals surface area (Å²) in [4.78, 5) is 20.5. The van der Waals surface area contributed by atoms with Gasteiger partial charge in [0.2, 0.25) is 5.91 Å². The smallest absolute Gasteiger partial charge is 0.359 e. The maximum atomic E-state index is 13.1. The average Bonchev–Trinajstić information content (AvgIpc) is 3.36. The van der Waals surface area contributed by atoms with Crippen LogP contribution in [0.25, 0.3) is 10.8 Å². The zero-order valence-corrected chi connectivity index (χ0v) is 20.1. The molecule has 3 aromatic rings. The second-order valence-corrected chi connectivity index (χ2v) is 10.6. The van der Waals surface area contributed by atoms with Crippen molar-refractivity contribution in [2.75, 3.05) is 25.0 Å². The largest absolute Gasteiger partial charge is 0.416 e. The van der Waals surface area contributed by atoms with Gasteiger partial charge in [-0.05, 0) is 37.8 Å². The minimum atomic E-state index is -4.46. The van der Waals surface area contributed by atoms with Gasteiger partial charge in [-0.3, -0.25) is 14.7 Å². The highest BCUT2D eigenvalue weighted by atomic mass is 32.1. The SMILES string of the molecule is CC1(c2cncs2)CCC(N2CC(NC(=O)CNc3nncc4ccc(C(F)(F)F)cc34)C2)CC1. The number of benzene rings is 1. The topological polar surface area (TPSA) is 83.0 Å². The second kappa shape index (κ2) is 9.34. The Hall–Kier alpha value is -2.79. The summed E-state index contributed by atoms with van der Waals surface area (Å²) in [5.41, 5.74) is 1.35. The molecule has 2 N–H and O–H groups in total. The molecule has 1 aliphatic heterocycles. The summed E-state index contributed by atoms with van der Waals surface area (Å²) >= 11 is 1.73. The second-order valence-electron chi connectivity index (χ2n) is 9.72. The van der Waals surface area contributed by atoms with Crippen LogP contribution in [-0.4, -0.2) is 57.7 Å². The number of likely N-dealkylation sites (tertiary alicyclic amines) is 1. The molecule has 5 rings (SSSR count). The maximum Gasteiger partial charge on any atom is 0.416 e. The standard InChI is InChI=1S/C24H27F3N6OS/c1-23(20-10-28-14-35-20)6-4-18(5-7-23)33-12-17(13-33)31-21(34)11-29-22-19-8-16(24(25,26)27)3-2-15(19)9-30-32-22/h2-3,8-10,14,17-18H,4-7,11-13H2,1H3,(H,29,32)(H,31,34). The van der Waals surface area contributed by atoms with E-state index in [1.165, 1.54) is 17.1 Å². The van der Waals surface area contributed by atoms with Crippen molar-refractivity contribution < 1.29 is 18.0 Å². The molecule has 11 heteroatoms. The molecule has 2 aromatic heterocycles. The van der Waals surface area contributed by atoms with Gasteiger partial charge < -0.3 is 10.6 Å². The third kappa shape index (κ3) is 5.11. The highest BCUT2D eigenvalue weighted by Crippen LogP contribution is 2.42. The first-order valence-electron chi connectivity index (χ1n) is 11.7. The molecule has 0 bridgehead atoms. The van der Waals surface area contributed by atoms with Crippen LogP contribution in [-0.2, 0) is 16.4 Å². The number of hydrogen-bond donors (Lipinski definition) is 2. The van der Waals surface area contributed by atoms with Crippen molar-refractivity contribution in [3.8, 4) is 0 Å². The molecule has 35 heavy (non-hydrogen) atoms. The summed E-state index contributed by atoms with van der Waals surface area (Å²) < 4.78 is 39.3.